The third kappa shape index (κ3) is 2.20. The van der Waals surface area contributed by atoms with Gasteiger partial charge in [0.25, 0.3) is 0 Å². The van der Waals surface area contributed by atoms with Crippen molar-refractivity contribution in [1.29, 1.82) is 0 Å². The van der Waals surface area contributed by atoms with E-state index in [0.29, 0.717) is 6.10 Å². The molecule has 2 atom stereocenters. The van der Waals surface area contributed by atoms with Crippen LogP contribution in [0.4, 0.5) is 0 Å². The SMILES string of the molecule is C1CNC[C@@H](C[C@H]2CCCO2)C1. The maximum atomic E-state index is 5.63. The summed E-state index contributed by atoms with van der Waals surface area (Å²) >= 11 is 0. The molecule has 2 heterocycles. The van der Waals surface area contributed by atoms with Crippen LogP contribution in [0, 0.1) is 5.92 Å². The molecule has 0 aromatic carbocycles. The van der Waals surface area contributed by atoms with Crippen molar-refractivity contribution in [2.24, 2.45) is 5.92 Å². The zero-order chi connectivity index (χ0) is 8.23. The van der Waals surface area contributed by atoms with Crippen LogP contribution >= 0.6 is 0 Å². The Morgan fingerprint density at radius 1 is 1.25 bits per heavy atom. The van der Waals surface area contributed by atoms with Crippen molar-refractivity contribution in [2.75, 3.05) is 19.7 Å². The van der Waals surface area contributed by atoms with E-state index in [9.17, 15) is 0 Å². The van der Waals surface area contributed by atoms with E-state index in [4.69, 9.17) is 4.74 Å². The molecule has 2 aliphatic rings. The van der Waals surface area contributed by atoms with Gasteiger partial charge in [0.1, 0.15) is 0 Å². The predicted octanol–water partition coefficient (Wildman–Crippen LogP) is 1.56. The molecule has 2 fully saturated rings. The number of hydrogen-bond acceptors (Lipinski definition) is 2. The normalized spacial score (nSPS) is 37.0. The van der Waals surface area contributed by atoms with Crippen molar-refractivity contribution in [1.82, 2.24) is 5.32 Å². The van der Waals surface area contributed by atoms with E-state index in [-0.39, 0.29) is 0 Å². The molecule has 0 amide bonds. The summed E-state index contributed by atoms with van der Waals surface area (Å²) in [5, 5.41) is 3.45. The second-order valence-corrected chi connectivity index (χ2v) is 4.08. The summed E-state index contributed by atoms with van der Waals surface area (Å²) in [5.74, 6) is 0.891. The first-order chi connectivity index (χ1) is 5.95. The first-order valence-electron chi connectivity index (χ1n) is 5.27. The molecule has 1 N–H and O–H groups in total. The average Bonchev–Trinajstić information content (AvgIpc) is 2.59. The number of hydrogen-bond donors (Lipinski definition) is 1. The first-order valence-corrected chi connectivity index (χ1v) is 5.27. The maximum Gasteiger partial charge on any atom is 0.0579 e. The molecule has 0 aromatic heterocycles. The van der Waals surface area contributed by atoms with Gasteiger partial charge in [0.05, 0.1) is 6.10 Å². The summed E-state index contributed by atoms with van der Waals surface area (Å²) in [7, 11) is 0. The molecule has 2 aliphatic heterocycles. The third-order valence-electron chi connectivity index (χ3n) is 3.02. The van der Waals surface area contributed by atoms with Crippen molar-refractivity contribution in [3.63, 3.8) is 0 Å². The fourth-order valence-corrected chi connectivity index (χ4v) is 2.33. The largest absolute Gasteiger partial charge is 0.378 e. The van der Waals surface area contributed by atoms with E-state index in [1.807, 2.05) is 0 Å². The molecule has 0 unspecified atom stereocenters. The smallest absolute Gasteiger partial charge is 0.0579 e. The van der Waals surface area contributed by atoms with Gasteiger partial charge >= 0.3 is 0 Å². The van der Waals surface area contributed by atoms with Crippen molar-refractivity contribution in [2.45, 2.75) is 38.2 Å². The monoisotopic (exact) mass is 169 g/mol. The Morgan fingerprint density at radius 2 is 2.25 bits per heavy atom. The fraction of sp³-hybridized carbons (Fsp3) is 1.00. The Balaban J connectivity index is 1.69. The minimum atomic E-state index is 0.592. The minimum Gasteiger partial charge on any atom is -0.378 e. The van der Waals surface area contributed by atoms with Crippen LogP contribution in [-0.2, 0) is 4.74 Å². The van der Waals surface area contributed by atoms with E-state index in [0.717, 1.165) is 12.5 Å². The van der Waals surface area contributed by atoms with Gasteiger partial charge in [-0.05, 0) is 51.1 Å². The zero-order valence-electron chi connectivity index (χ0n) is 7.72. The van der Waals surface area contributed by atoms with Gasteiger partial charge in [-0.3, -0.25) is 0 Å². The van der Waals surface area contributed by atoms with Crippen LogP contribution in [0.5, 0.6) is 0 Å². The van der Waals surface area contributed by atoms with Crippen LogP contribution in [0.2, 0.25) is 0 Å². The zero-order valence-corrected chi connectivity index (χ0v) is 7.72. The van der Waals surface area contributed by atoms with E-state index in [2.05, 4.69) is 5.32 Å². The van der Waals surface area contributed by atoms with E-state index >= 15 is 0 Å². The maximum absolute atomic E-state index is 5.63. The lowest BCUT2D eigenvalue weighted by Gasteiger charge is -2.24. The van der Waals surface area contributed by atoms with Crippen molar-refractivity contribution >= 4 is 0 Å². The quantitative estimate of drug-likeness (QED) is 0.677. The van der Waals surface area contributed by atoms with E-state index in [1.165, 1.54) is 45.2 Å². The highest BCUT2D eigenvalue weighted by molar-refractivity contribution is 4.75. The van der Waals surface area contributed by atoms with Crippen LogP contribution in [0.25, 0.3) is 0 Å². The van der Waals surface area contributed by atoms with Crippen LogP contribution in [0.1, 0.15) is 32.1 Å². The molecule has 2 saturated heterocycles. The summed E-state index contributed by atoms with van der Waals surface area (Å²) in [6, 6.07) is 0. The predicted molar refractivity (Wildman–Crippen MR) is 49.2 cm³/mol. The molecular weight excluding hydrogens is 150 g/mol. The van der Waals surface area contributed by atoms with Crippen molar-refractivity contribution < 1.29 is 4.74 Å². The summed E-state index contributed by atoms with van der Waals surface area (Å²) in [6.07, 6.45) is 7.24. The second kappa shape index (κ2) is 4.24. The Morgan fingerprint density at radius 3 is 2.92 bits per heavy atom. The molecule has 2 rings (SSSR count). The van der Waals surface area contributed by atoms with E-state index in [1.54, 1.807) is 0 Å². The standard InChI is InChI=1S/C10H19NO/c1-3-9(8-11-5-1)7-10-4-2-6-12-10/h9-11H,1-8H2/t9-,10-/m1/s1. The first kappa shape index (κ1) is 8.52. The van der Waals surface area contributed by atoms with Crippen molar-refractivity contribution in [3.8, 4) is 0 Å². The topological polar surface area (TPSA) is 21.3 Å². The summed E-state index contributed by atoms with van der Waals surface area (Å²) in [6.45, 7) is 3.45. The molecule has 0 spiro atoms. The minimum absolute atomic E-state index is 0.592. The molecule has 70 valence electrons. The van der Waals surface area contributed by atoms with Gasteiger partial charge < -0.3 is 10.1 Å². The van der Waals surface area contributed by atoms with Crippen molar-refractivity contribution in [3.05, 3.63) is 0 Å². The Kier molecular flexibility index (Phi) is 3.01. The molecule has 0 aromatic rings. The lowest BCUT2D eigenvalue weighted by molar-refractivity contribution is 0.0853. The van der Waals surface area contributed by atoms with Gasteiger partial charge in [0.2, 0.25) is 0 Å². The molecule has 2 heteroatoms. The molecule has 0 saturated carbocycles. The van der Waals surface area contributed by atoms with Crippen LogP contribution in [0.3, 0.4) is 0 Å². The van der Waals surface area contributed by atoms with Gasteiger partial charge in [-0.25, -0.2) is 0 Å². The number of piperidine rings is 1. The third-order valence-corrected chi connectivity index (χ3v) is 3.02. The highest BCUT2D eigenvalue weighted by Crippen LogP contribution is 2.23. The number of rotatable bonds is 2. The Bertz CT molecular complexity index is 126. The van der Waals surface area contributed by atoms with Gasteiger partial charge in [-0.2, -0.15) is 0 Å². The number of ether oxygens (including phenoxy) is 1. The van der Waals surface area contributed by atoms with Crippen LogP contribution in [0.15, 0.2) is 0 Å². The highest BCUT2D eigenvalue weighted by Gasteiger charge is 2.21. The van der Waals surface area contributed by atoms with E-state index < -0.39 is 0 Å². The van der Waals surface area contributed by atoms with Gasteiger partial charge in [0.15, 0.2) is 0 Å². The summed E-state index contributed by atoms with van der Waals surface area (Å²) < 4.78 is 5.63. The second-order valence-electron chi connectivity index (χ2n) is 4.08. The lowest BCUT2D eigenvalue weighted by atomic mass is 9.93. The molecule has 0 radical (unpaired) electrons. The lowest BCUT2D eigenvalue weighted by Crippen LogP contribution is -2.31. The molecule has 2 nitrogen and oxygen atoms in total. The van der Waals surface area contributed by atoms with Gasteiger partial charge in [-0.15, -0.1) is 0 Å². The van der Waals surface area contributed by atoms with Crippen LogP contribution in [-0.4, -0.2) is 25.8 Å². The highest BCUT2D eigenvalue weighted by atomic mass is 16.5. The average molecular weight is 169 g/mol. The van der Waals surface area contributed by atoms with Gasteiger partial charge in [0, 0.05) is 6.61 Å². The number of nitrogens with one attached hydrogen (secondary N) is 1. The molecule has 0 aliphatic carbocycles. The van der Waals surface area contributed by atoms with Gasteiger partial charge in [-0.1, -0.05) is 0 Å². The Labute approximate surface area is 74.7 Å². The molecule has 12 heavy (non-hydrogen) atoms. The van der Waals surface area contributed by atoms with Crippen LogP contribution < -0.4 is 5.32 Å². The fourth-order valence-electron chi connectivity index (χ4n) is 2.33. The summed E-state index contributed by atoms with van der Waals surface area (Å²) in [4.78, 5) is 0. The summed E-state index contributed by atoms with van der Waals surface area (Å²) in [5.41, 5.74) is 0. The molecule has 0 bridgehead atoms. The Hall–Kier alpha value is -0.0800. The molecular formula is C10H19NO.